The van der Waals surface area contributed by atoms with Gasteiger partial charge in [0.25, 0.3) is 0 Å². The summed E-state index contributed by atoms with van der Waals surface area (Å²) in [5.74, 6) is -0.657. The second-order valence-electron chi connectivity index (χ2n) is 10.2. The highest BCUT2D eigenvalue weighted by Gasteiger charge is 2.16. The van der Waals surface area contributed by atoms with Crippen LogP contribution < -0.4 is 5.32 Å². The van der Waals surface area contributed by atoms with Crippen LogP contribution in [-0.2, 0) is 13.0 Å². The molecule has 8 heteroatoms. The van der Waals surface area contributed by atoms with Crippen LogP contribution in [0.5, 0.6) is 0 Å². The number of benzene rings is 1. The minimum absolute atomic E-state index is 0.0671. The van der Waals surface area contributed by atoms with E-state index in [-0.39, 0.29) is 24.3 Å². The fourth-order valence-electron chi connectivity index (χ4n) is 4.10. The molecule has 0 spiro atoms. The van der Waals surface area contributed by atoms with Gasteiger partial charge in [-0.05, 0) is 75.9 Å². The number of aryl methyl sites for hydroxylation is 1. The van der Waals surface area contributed by atoms with Crippen LogP contribution in [0, 0.1) is 5.92 Å². The van der Waals surface area contributed by atoms with Gasteiger partial charge in [0, 0.05) is 30.3 Å². The monoisotopic (exact) mass is 598 g/mol. The van der Waals surface area contributed by atoms with Crippen molar-refractivity contribution < 1.29 is 19.7 Å². The molecule has 1 heterocycles. The Labute approximate surface area is 259 Å². The third-order valence-corrected chi connectivity index (χ3v) is 6.60. The molecule has 0 aliphatic heterocycles. The van der Waals surface area contributed by atoms with Gasteiger partial charge < -0.3 is 20.6 Å². The molecule has 2 aromatic rings. The van der Waals surface area contributed by atoms with Crippen LogP contribution in [-0.4, -0.2) is 51.4 Å². The van der Waals surface area contributed by atoms with Crippen molar-refractivity contribution in [2.45, 2.75) is 99.4 Å². The highest BCUT2D eigenvalue weighted by atomic mass is 19.1. The lowest BCUT2D eigenvalue weighted by Crippen LogP contribution is -2.16. The molecule has 2 unspecified atom stereocenters. The van der Waals surface area contributed by atoms with Gasteiger partial charge in [-0.2, -0.15) is 0 Å². The Bertz CT molecular complexity index is 1210. The van der Waals surface area contributed by atoms with Crippen molar-refractivity contribution >= 4 is 17.2 Å². The van der Waals surface area contributed by atoms with E-state index in [0.717, 1.165) is 48.3 Å². The molecular formula is C35H55FN4O3. The first-order valence-corrected chi connectivity index (χ1v) is 15.4. The topological polar surface area (TPSA) is 111 Å². The molecule has 43 heavy (non-hydrogen) atoms. The van der Waals surface area contributed by atoms with E-state index >= 15 is 0 Å². The van der Waals surface area contributed by atoms with Crippen molar-refractivity contribution in [1.29, 1.82) is 0 Å². The zero-order chi connectivity index (χ0) is 32.8. The molecule has 0 bridgehead atoms. The van der Waals surface area contributed by atoms with E-state index in [0.29, 0.717) is 18.4 Å². The minimum atomic E-state index is -1.33. The Hall–Kier alpha value is -3.04. The number of nitrogens with zero attached hydrogens (tertiary/aromatic N) is 3. The van der Waals surface area contributed by atoms with Crippen LogP contribution >= 0.6 is 0 Å². The first kappa shape index (κ1) is 40.0. The van der Waals surface area contributed by atoms with Gasteiger partial charge >= 0.3 is 0 Å². The first-order chi connectivity index (χ1) is 20.6. The number of aliphatic hydroxyl groups excluding tert-OH is 2. The lowest BCUT2D eigenvalue weighted by atomic mass is 9.98. The number of nitrogens with one attached hydrogen (secondary N) is 1. The van der Waals surface area contributed by atoms with Gasteiger partial charge in [0.2, 0.25) is 0 Å². The van der Waals surface area contributed by atoms with Crippen LogP contribution in [0.1, 0.15) is 97.0 Å². The molecule has 7 nitrogen and oxygen atoms in total. The quantitative estimate of drug-likeness (QED) is 0.0961. The van der Waals surface area contributed by atoms with Crippen LogP contribution in [0.4, 0.5) is 4.39 Å². The lowest BCUT2D eigenvalue weighted by molar-refractivity contribution is -0.0806. The Balaban J connectivity index is 0.000000990. The van der Waals surface area contributed by atoms with Crippen molar-refractivity contribution in [3.05, 3.63) is 83.1 Å². The van der Waals surface area contributed by atoms with Gasteiger partial charge in [-0.1, -0.05) is 71.9 Å². The summed E-state index contributed by atoms with van der Waals surface area (Å²) >= 11 is 0. The second-order valence-corrected chi connectivity index (χ2v) is 10.2. The largest absolute Gasteiger partial charge is 0.392 e. The van der Waals surface area contributed by atoms with Gasteiger partial charge in [-0.25, -0.2) is 14.4 Å². The van der Waals surface area contributed by atoms with E-state index in [2.05, 4.69) is 30.7 Å². The van der Waals surface area contributed by atoms with Crippen molar-refractivity contribution in [3.8, 4) is 0 Å². The standard InChI is InChI=1S/C22H29FN2O3.C11H20N2.C2H6/c1-4-17(23)10-8-14(2)21-19(7-5-6-15(3)22(27)28)24-20-12-16(13-26)9-11-18(20)25-21;1-5-7-11(13-8-6-2)10(3)9-12-4;1-2/h4,8-12,14-15,22,26-28H,5-7,13H2,1-3H3;6,8,12H,2,5,7,9H2,1,3-4H3;1-2H3/b10-8-,17-4+;11-10+,13-8?;. The number of aromatic nitrogens is 2. The molecule has 4 N–H and O–H groups in total. The second kappa shape index (κ2) is 23.4. The van der Waals surface area contributed by atoms with Crippen LogP contribution in [0.15, 0.2) is 71.2 Å². The Morgan fingerprint density at radius 2 is 1.86 bits per heavy atom. The van der Waals surface area contributed by atoms with Crippen LogP contribution in [0.3, 0.4) is 0 Å². The Morgan fingerprint density at radius 3 is 2.42 bits per heavy atom. The predicted molar refractivity (Wildman–Crippen MR) is 180 cm³/mol. The summed E-state index contributed by atoms with van der Waals surface area (Å²) in [6, 6.07) is 5.45. The normalized spacial score (nSPS) is 13.8. The van der Waals surface area contributed by atoms with Gasteiger partial charge in [-0.15, -0.1) is 0 Å². The molecule has 0 radical (unpaired) electrons. The van der Waals surface area contributed by atoms with Crippen LogP contribution in [0.25, 0.3) is 11.0 Å². The summed E-state index contributed by atoms with van der Waals surface area (Å²) in [6.45, 7) is 18.1. The van der Waals surface area contributed by atoms with Gasteiger partial charge in [0.1, 0.15) is 5.83 Å². The molecule has 0 amide bonds. The van der Waals surface area contributed by atoms with E-state index in [1.807, 2.05) is 46.0 Å². The number of aliphatic hydroxyl groups is 3. The summed E-state index contributed by atoms with van der Waals surface area (Å²) in [4.78, 5) is 13.9. The summed E-state index contributed by atoms with van der Waals surface area (Å²) in [5, 5.41) is 31.0. The zero-order valence-electron chi connectivity index (χ0n) is 27.6. The fourth-order valence-corrected chi connectivity index (χ4v) is 4.10. The molecule has 0 saturated heterocycles. The predicted octanol–water partition coefficient (Wildman–Crippen LogP) is 7.49. The number of likely N-dealkylation sites (N-methyl/N-ethyl adjacent to an activating group) is 1. The van der Waals surface area contributed by atoms with Crippen LogP contribution in [0.2, 0.25) is 0 Å². The average Bonchev–Trinajstić information content (AvgIpc) is 3.02. The van der Waals surface area contributed by atoms with E-state index in [1.54, 1.807) is 32.2 Å². The number of rotatable bonds is 15. The molecule has 0 fully saturated rings. The molecule has 0 saturated carbocycles. The smallest absolute Gasteiger partial charge is 0.154 e. The third-order valence-electron chi connectivity index (χ3n) is 6.60. The Morgan fingerprint density at radius 1 is 1.16 bits per heavy atom. The zero-order valence-corrected chi connectivity index (χ0v) is 27.6. The van der Waals surface area contributed by atoms with Gasteiger partial charge in [0.05, 0.1) is 29.0 Å². The van der Waals surface area contributed by atoms with Crippen molar-refractivity contribution in [3.63, 3.8) is 0 Å². The van der Waals surface area contributed by atoms with E-state index < -0.39 is 6.29 Å². The first-order valence-electron chi connectivity index (χ1n) is 15.4. The number of aliphatic imine (C=N–C) groups is 1. The molecule has 2 rings (SSSR count). The third kappa shape index (κ3) is 15.3. The summed E-state index contributed by atoms with van der Waals surface area (Å²) < 4.78 is 13.5. The SMILES string of the molecule is C/C=C(F)\C=C/C(C)c1nc2ccc(CO)cc2nc1CCCC(C)C(O)O.C=CC=N/C(CCC)=C(\C)CNC.CC. The molecule has 1 aromatic heterocycles. The lowest BCUT2D eigenvalue weighted by Gasteiger charge is -2.16. The van der Waals surface area contributed by atoms with E-state index in [1.165, 1.54) is 23.4 Å². The highest BCUT2D eigenvalue weighted by Crippen LogP contribution is 2.25. The van der Waals surface area contributed by atoms with Gasteiger partial charge in [-0.3, -0.25) is 4.99 Å². The molecule has 1 aromatic carbocycles. The van der Waals surface area contributed by atoms with E-state index in [9.17, 15) is 19.7 Å². The number of fused-ring (bicyclic) bond motifs is 1. The number of hydrogen-bond donors (Lipinski definition) is 4. The maximum atomic E-state index is 13.5. The number of halogens is 1. The molecule has 240 valence electrons. The molecule has 0 aliphatic carbocycles. The maximum Gasteiger partial charge on any atom is 0.154 e. The Kier molecular flexibility index (Phi) is 21.8. The molecule has 0 aliphatic rings. The fraction of sp³-hybridized carbons (Fsp3) is 0.514. The summed E-state index contributed by atoms with van der Waals surface area (Å²) in [5.41, 5.74) is 6.26. The molecule has 2 atom stereocenters. The number of allylic oxidation sites excluding steroid dienone is 6. The van der Waals surface area contributed by atoms with Crippen molar-refractivity contribution in [1.82, 2.24) is 15.3 Å². The maximum absolute atomic E-state index is 13.5. The minimum Gasteiger partial charge on any atom is -0.392 e. The molecular weight excluding hydrogens is 543 g/mol. The van der Waals surface area contributed by atoms with Crippen molar-refractivity contribution in [2.75, 3.05) is 13.6 Å². The summed E-state index contributed by atoms with van der Waals surface area (Å²) in [6.07, 6.45) is 10.9. The number of hydrogen-bond acceptors (Lipinski definition) is 7. The summed E-state index contributed by atoms with van der Waals surface area (Å²) in [7, 11) is 1.95. The van der Waals surface area contributed by atoms with Crippen molar-refractivity contribution in [2.24, 2.45) is 10.9 Å². The average molecular weight is 599 g/mol. The van der Waals surface area contributed by atoms with Gasteiger partial charge in [0.15, 0.2) is 6.29 Å². The highest BCUT2D eigenvalue weighted by molar-refractivity contribution is 5.75. The van der Waals surface area contributed by atoms with E-state index in [4.69, 9.17) is 9.97 Å².